The van der Waals surface area contributed by atoms with Crippen molar-refractivity contribution in [2.24, 2.45) is 0 Å². The third kappa shape index (κ3) is 3.37. The number of aliphatic hydroxyl groups excluding tert-OH is 2. The second-order valence-electron chi connectivity index (χ2n) is 4.50. The third-order valence-corrected chi connectivity index (χ3v) is 3.02. The molecule has 1 aliphatic rings. The van der Waals surface area contributed by atoms with Gasteiger partial charge in [0.05, 0.1) is 18.6 Å². The second-order valence-corrected chi connectivity index (χ2v) is 4.50. The summed E-state index contributed by atoms with van der Waals surface area (Å²) >= 11 is 0. The maximum absolute atomic E-state index is 11.8. The van der Waals surface area contributed by atoms with Crippen molar-refractivity contribution in [3.63, 3.8) is 0 Å². The second kappa shape index (κ2) is 5.92. The summed E-state index contributed by atoms with van der Waals surface area (Å²) in [5, 5.41) is 24.2. The van der Waals surface area contributed by atoms with Crippen LogP contribution in [-0.2, 0) is 9.59 Å². The summed E-state index contributed by atoms with van der Waals surface area (Å²) in [6, 6.07) is 7.92. The van der Waals surface area contributed by atoms with Gasteiger partial charge in [-0.2, -0.15) is 0 Å². The number of anilines is 1. The molecule has 0 unspecified atom stereocenters. The lowest BCUT2D eigenvalue weighted by molar-refractivity contribution is -0.128. The number of carbonyl (C=O) groups excluding carboxylic acids is 2. The molecule has 1 heterocycles. The zero-order valence-corrected chi connectivity index (χ0v) is 10.2. The van der Waals surface area contributed by atoms with Crippen LogP contribution in [0.15, 0.2) is 30.3 Å². The molecular formula is C13H16N2O4. The van der Waals surface area contributed by atoms with Crippen LogP contribution in [0.1, 0.15) is 6.42 Å². The highest BCUT2D eigenvalue weighted by Gasteiger charge is 2.38. The quantitative estimate of drug-likeness (QED) is 0.538. The molecular weight excluding hydrogens is 248 g/mol. The van der Waals surface area contributed by atoms with Crippen LogP contribution in [0.3, 0.4) is 0 Å². The molecule has 6 nitrogen and oxygen atoms in total. The molecule has 0 saturated carbocycles. The van der Waals surface area contributed by atoms with Gasteiger partial charge in [0.1, 0.15) is 6.10 Å². The predicted molar refractivity (Wildman–Crippen MR) is 68.5 cm³/mol. The van der Waals surface area contributed by atoms with Gasteiger partial charge in [0.25, 0.3) is 0 Å². The summed E-state index contributed by atoms with van der Waals surface area (Å²) in [5.74, 6) is -0.871. The number of para-hydroxylation sites is 1. The fraction of sp³-hybridized carbons (Fsp3) is 0.385. The Morgan fingerprint density at radius 3 is 2.53 bits per heavy atom. The Hall–Kier alpha value is -1.76. The molecule has 0 spiro atoms. The highest BCUT2D eigenvalue weighted by Crippen LogP contribution is 2.11. The van der Waals surface area contributed by atoms with Gasteiger partial charge in [0.2, 0.25) is 5.91 Å². The molecule has 0 aromatic heterocycles. The lowest BCUT2D eigenvalue weighted by atomic mass is 10.0. The SMILES string of the molecule is O=C(CC(=O)[C@H]1NC[C@@H](O)[C@H]1O)Nc1ccccc1. The molecule has 0 bridgehead atoms. The van der Waals surface area contributed by atoms with Crippen molar-refractivity contribution in [1.29, 1.82) is 0 Å². The number of β-amino-alcohol motifs (C(OH)–C–C–N with tert-alkyl or cyclic N) is 1. The Kier molecular flexibility index (Phi) is 4.26. The smallest absolute Gasteiger partial charge is 0.231 e. The van der Waals surface area contributed by atoms with Crippen molar-refractivity contribution < 1.29 is 19.8 Å². The van der Waals surface area contributed by atoms with Gasteiger partial charge in [-0.25, -0.2) is 0 Å². The third-order valence-electron chi connectivity index (χ3n) is 3.02. The maximum Gasteiger partial charge on any atom is 0.231 e. The number of amides is 1. The summed E-state index contributed by atoms with van der Waals surface area (Å²) in [6.45, 7) is 0.151. The Morgan fingerprint density at radius 2 is 1.95 bits per heavy atom. The van der Waals surface area contributed by atoms with Gasteiger partial charge < -0.3 is 20.8 Å². The number of hydrogen-bond donors (Lipinski definition) is 4. The molecule has 6 heteroatoms. The number of carbonyl (C=O) groups is 2. The van der Waals surface area contributed by atoms with Crippen LogP contribution in [0.5, 0.6) is 0 Å². The molecule has 102 valence electrons. The first-order valence-electron chi connectivity index (χ1n) is 6.05. The molecule has 1 aliphatic heterocycles. The van der Waals surface area contributed by atoms with Crippen LogP contribution in [0.4, 0.5) is 5.69 Å². The van der Waals surface area contributed by atoms with Crippen molar-refractivity contribution in [3.8, 4) is 0 Å². The molecule has 19 heavy (non-hydrogen) atoms. The molecule has 0 radical (unpaired) electrons. The number of Topliss-reactive ketones (excluding diaryl/α,β-unsaturated/α-hetero) is 1. The molecule has 1 aromatic carbocycles. The first-order chi connectivity index (χ1) is 9.08. The van der Waals surface area contributed by atoms with Gasteiger partial charge in [-0.05, 0) is 12.1 Å². The van der Waals surface area contributed by atoms with Crippen LogP contribution in [0, 0.1) is 0 Å². The van der Waals surface area contributed by atoms with Crippen LogP contribution in [0.25, 0.3) is 0 Å². The molecule has 1 saturated heterocycles. The molecule has 1 aromatic rings. The van der Waals surface area contributed by atoms with E-state index in [1.807, 2.05) is 6.07 Å². The van der Waals surface area contributed by atoms with E-state index >= 15 is 0 Å². The van der Waals surface area contributed by atoms with Gasteiger partial charge in [-0.15, -0.1) is 0 Å². The number of aliphatic hydroxyl groups is 2. The zero-order chi connectivity index (χ0) is 13.8. The minimum Gasteiger partial charge on any atom is -0.389 e. The first kappa shape index (κ1) is 13.7. The monoisotopic (exact) mass is 264 g/mol. The molecule has 3 atom stereocenters. The number of ketones is 1. The molecule has 1 fully saturated rings. The van der Waals surface area contributed by atoms with E-state index in [9.17, 15) is 19.8 Å². The Bertz CT molecular complexity index is 463. The summed E-state index contributed by atoms with van der Waals surface area (Å²) < 4.78 is 0. The van der Waals surface area contributed by atoms with Crippen molar-refractivity contribution in [3.05, 3.63) is 30.3 Å². The van der Waals surface area contributed by atoms with E-state index in [0.29, 0.717) is 5.69 Å². The van der Waals surface area contributed by atoms with Crippen molar-refractivity contribution in [1.82, 2.24) is 5.32 Å². The Labute approximate surface area is 110 Å². The van der Waals surface area contributed by atoms with E-state index in [1.165, 1.54) is 0 Å². The number of rotatable bonds is 4. The zero-order valence-electron chi connectivity index (χ0n) is 10.2. The van der Waals surface area contributed by atoms with E-state index in [0.717, 1.165) is 0 Å². The fourth-order valence-corrected chi connectivity index (χ4v) is 2.01. The van der Waals surface area contributed by atoms with Crippen molar-refractivity contribution >= 4 is 17.4 Å². The highest BCUT2D eigenvalue weighted by atomic mass is 16.3. The Balaban J connectivity index is 1.87. The topological polar surface area (TPSA) is 98.7 Å². The summed E-state index contributed by atoms with van der Waals surface area (Å²) in [5.41, 5.74) is 0.611. The molecule has 4 N–H and O–H groups in total. The minimum atomic E-state index is -1.16. The van der Waals surface area contributed by atoms with Gasteiger partial charge in [-0.1, -0.05) is 18.2 Å². The largest absolute Gasteiger partial charge is 0.389 e. The van der Waals surface area contributed by atoms with Crippen LogP contribution < -0.4 is 10.6 Å². The fourth-order valence-electron chi connectivity index (χ4n) is 2.01. The van der Waals surface area contributed by atoms with Gasteiger partial charge in [0, 0.05) is 12.2 Å². The lowest BCUT2D eigenvalue weighted by Gasteiger charge is -2.14. The van der Waals surface area contributed by atoms with Crippen molar-refractivity contribution in [2.45, 2.75) is 24.7 Å². The molecule has 0 aliphatic carbocycles. The Morgan fingerprint density at radius 1 is 1.26 bits per heavy atom. The number of benzene rings is 1. The predicted octanol–water partition coefficient (Wildman–Crippen LogP) is -0.722. The van der Waals surface area contributed by atoms with Gasteiger partial charge >= 0.3 is 0 Å². The number of hydrogen-bond acceptors (Lipinski definition) is 5. The van der Waals surface area contributed by atoms with Gasteiger partial charge in [0.15, 0.2) is 5.78 Å². The molecule has 2 rings (SSSR count). The van der Waals surface area contributed by atoms with E-state index in [2.05, 4.69) is 10.6 Å². The van der Waals surface area contributed by atoms with E-state index < -0.39 is 29.9 Å². The van der Waals surface area contributed by atoms with Crippen molar-refractivity contribution in [2.75, 3.05) is 11.9 Å². The van der Waals surface area contributed by atoms with Crippen LogP contribution in [-0.4, -0.2) is 46.7 Å². The number of nitrogens with one attached hydrogen (secondary N) is 2. The summed E-state index contributed by atoms with van der Waals surface area (Å²) in [7, 11) is 0. The average molecular weight is 264 g/mol. The normalized spacial score (nSPS) is 26.1. The van der Waals surface area contributed by atoms with Crippen LogP contribution in [0.2, 0.25) is 0 Å². The van der Waals surface area contributed by atoms with E-state index in [-0.39, 0.29) is 13.0 Å². The van der Waals surface area contributed by atoms with Crippen LogP contribution >= 0.6 is 0 Å². The summed E-state index contributed by atoms with van der Waals surface area (Å²) in [6.07, 6.45) is -2.46. The first-order valence-corrected chi connectivity index (χ1v) is 6.05. The average Bonchev–Trinajstić information content (AvgIpc) is 2.71. The minimum absolute atomic E-state index is 0.151. The highest BCUT2D eigenvalue weighted by molar-refractivity contribution is 6.06. The van der Waals surface area contributed by atoms with E-state index in [1.54, 1.807) is 24.3 Å². The molecule has 1 amide bonds. The standard InChI is InChI=1S/C13H16N2O4/c16-9(12-13(19)10(17)7-14-12)6-11(18)15-8-4-2-1-3-5-8/h1-5,10,12-14,17,19H,6-7H2,(H,15,18)/t10-,12-,13-/m1/s1. The van der Waals surface area contributed by atoms with Gasteiger partial charge in [-0.3, -0.25) is 9.59 Å². The van der Waals surface area contributed by atoms with E-state index in [4.69, 9.17) is 0 Å². The maximum atomic E-state index is 11.8. The lowest BCUT2D eigenvalue weighted by Crippen LogP contribution is -2.41. The summed E-state index contributed by atoms with van der Waals surface area (Å²) in [4.78, 5) is 23.5.